The number of aliphatic hydroxyl groups is 1. The third-order valence-corrected chi connectivity index (χ3v) is 5.02. The quantitative estimate of drug-likeness (QED) is 0.276. The maximum Gasteiger partial charge on any atom is 0.253 e. The monoisotopic (exact) mass is 451 g/mol. The molecule has 0 fully saturated rings. The second-order valence-corrected chi connectivity index (χ2v) is 7.17. The van der Waals surface area contributed by atoms with Crippen LogP contribution in [0.15, 0.2) is 35.1 Å². The second-order valence-electron chi connectivity index (χ2n) is 6.35. The molecule has 0 atom stereocenters. The van der Waals surface area contributed by atoms with E-state index in [0.717, 1.165) is 0 Å². The van der Waals surface area contributed by atoms with Gasteiger partial charge in [0.25, 0.3) is 5.91 Å². The lowest BCUT2D eigenvalue weighted by Gasteiger charge is -2.12. The number of aromatic hydroxyl groups is 1. The van der Waals surface area contributed by atoms with Crippen LogP contribution in [0, 0.1) is 0 Å². The molecule has 3 aromatic rings. The van der Waals surface area contributed by atoms with Crippen molar-refractivity contribution in [2.75, 3.05) is 32.1 Å². The molecule has 0 spiro atoms. The van der Waals surface area contributed by atoms with Crippen LogP contribution in [0.2, 0.25) is 10.0 Å². The van der Waals surface area contributed by atoms with E-state index in [2.05, 4.69) is 10.3 Å². The smallest absolute Gasteiger partial charge is 0.253 e. The molecule has 3 rings (SSSR count). The zero-order chi connectivity index (χ0) is 21.8. The predicted molar refractivity (Wildman–Crippen MR) is 116 cm³/mol. The van der Waals surface area contributed by atoms with Crippen molar-refractivity contribution < 1.29 is 19.7 Å². The Bertz CT molecular complexity index is 1140. The maximum atomic E-state index is 12.7. The Balaban J connectivity index is 2.06. The molecule has 0 aliphatic carbocycles. The maximum absolute atomic E-state index is 12.7. The number of hydrogen-bond acceptors (Lipinski definition) is 6. The Kier molecular flexibility index (Phi) is 6.84. The predicted octanol–water partition coefficient (Wildman–Crippen LogP) is 2.53. The third-order valence-electron chi connectivity index (χ3n) is 4.39. The molecule has 1 aromatic heterocycles. The van der Waals surface area contributed by atoms with E-state index in [1.807, 2.05) is 0 Å². The van der Waals surface area contributed by atoms with Crippen molar-refractivity contribution >= 4 is 45.7 Å². The lowest BCUT2D eigenvalue weighted by Crippen LogP contribution is -2.28. The molecule has 0 saturated carbocycles. The molecule has 30 heavy (non-hydrogen) atoms. The minimum Gasteiger partial charge on any atom is -0.503 e. The zero-order valence-electron chi connectivity index (χ0n) is 15.7. The number of carbonyl (C=O) groups excluding carboxylic acids is 1. The fourth-order valence-corrected chi connectivity index (χ4v) is 3.41. The number of hydrogen-bond donors (Lipinski definition) is 5. The molecule has 0 aliphatic rings. The number of H-pyrrole nitrogens is 1. The molecule has 0 radical (unpaired) electrons. The molecule has 0 bridgehead atoms. The fourth-order valence-electron chi connectivity index (χ4n) is 2.93. The number of amides is 1. The van der Waals surface area contributed by atoms with Gasteiger partial charge < -0.3 is 31.0 Å². The van der Waals surface area contributed by atoms with Crippen LogP contribution in [0.1, 0.15) is 10.4 Å². The molecular weight excluding hydrogens is 433 g/mol. The Morgan fingerprint density at radius 1 is 1.20 bits per heavy atom. The van der Waals surface area contributed by atoms with Crippen molar-refractivity contribution in [2.45, 2.75) is 0 Å². The Hall–Kier alpha value is -2.78. The van der Waals surface area contributed by atoms with Gasteiger partial charge in [-0.05, 0) is 24.3 Å². The number of aromatic amines is 1. The van der Waals surface area contributed by atoms with Crippen LogP contribution in [0.4, 0.5) is 5.69 Å². The number of pyridine rings is 1. The first kappa shape index (κ1) is 21.9. The van der Waals surface area contributed by atoms with Crippen molar-refractivity contribution in [3.63, 3.8) is 0 Å². The van der Waals surface area contributed by atoms with Gasteiger partial charge in [0.2, 0.25) is 5.43 Å². The number of rotatable bonds is 7. The fraction of sp³-hybridized carbons (Fsp3) is 0.200. The average Bonchev–Trinajstić information content (AvgIpc) is 2.73. The van der Waals surface area contributed by atoms with Gasteiger partial charge in [-0.2, -0.15) is 0 Å². The molecule has 2 aromatic carbocycles. The SMILES string of the molecule is Nc1c(Cl)cc(-c2[nH]c3c(C(=O)NCCOCCO)cccc3c(=O)c2O)cc1Cl. The number of aromatic nitrogens is 1. The molecule has 0 unspecified atom stereocenters. The van der Waals surface area contributed by atoms with E-state index in [1.165, 1.54) is 18.2 Å². The number of ether oxygens (including phenoxy) is 1. The lowest BCUT2D eigenvalue weighted by atomic mass is 10.0. The van der Waals surface area contributed by atoms with Crippen LogP contribution >= 0.6 is 23.2 Å². The molecule has 0 saturated heterocycles. The Morgan fingerprint density at radius 3 is 2.57 bits per heavy atom. The first-order valence-corrected chi connectivity index (χ1v) is 9.70. The average molecular weight is 452 g/mol. The van der Waals surface area contributed by atoms with Crippen LogP contribution in [-0.2, 0) is 4.74 Å². The van der Waals surface area contributed by atoms with Crippen molar-refractivity contribution in [1.29, 1.82) is 0 Å². The number of aliphatic hydroxyl groups excluding tert-OH is 1. The van der Waals surface area contributed by atoms with E-state index >= 15 is 0 Å². The largest absolute Gasteiger partial charge is 0.503 e. The first-order chi connectivity index (χ1) is 14.3. The van der Waals surface area contributed by atoms with E-state index in [4.69, 9.17) is 38.8 Å². The van der Waals surface area contributed by atoms with Crippen LogP contribution < -0.4 is 16.5 Å². The Morgan fingerprint density at radius 2 is 1.90 bits per heavy atom. The van der Waals surface area contributed by atoms with Gasteiger partial charge in [-0.3, -0.25) is 9.59 Å². The highest BCUT2D eigenvalue weighted by Crippen LogP contribution is 2.36. The highest BCUT2D eigenvalue weighted by atomic mass is 35.5. The number of para-hydroxylation sites is 1. The van der Waals surface area contributed by atoms with E-state index < -0.39 is 17.1 Å². The molecule has 1 heterocycles. The number of carbonyl (C=O) groups is 1. The van der Waals surface area contributed by atoms with Gasteiger partial charge >= 0.3 is 0 Å². The summed E-state index contributed by atoms with van der Waals surface area (Å²) in [5.74, 6) is -0.969. The number of nitrogen functional groups attached to an aromatic ring is 1. The van der Waals surface area contributed by atoms with Crippen LogP contribution in [0.5, 0.6) is 5.75 Å². The minimum absolute atomic E-state index is 0.0582. The molecule has 10 heteroatoms. The molecule has 0 aliphatic heterocycles. The van der Waals surface area contributed by atoms with Crippen LogP contribution in [0.3, 0.4) is 0 Å². The van der Waals surface area contributed by atoms with Gasteiger partial charge in [0, 0.05) is 12.1 Å². The summed E-state index contributed by atoms with van der Waals surface area (Å²) in [6.07, 6.45) is 0. The van der Waals surface area contributed by atoms with Crippen molar-refractivity contribution in [3.05, 3.63) is 56.2 Å². The number of fused-ring (bicyclic) bond motifs is 1. The van der Waals surface area contributed by atoms with Crippen molar-refractivity contribution in [2.24, 2.45) is 0 Å². The van der Waals surface area contributed by atoms with Crippen LogP contribution in [0.25, 0.3) is 22.2 Å². The molecule has 8 nitrogen and oxygen atoms in total. The van der Waals surface area contributed by atoms with E-state index in [1.54, 1.807) is 12.1 Å². The van der Waals surface area contributed by atoms with E-state index in [-0.39, 0.29) is 64.3 Å². The summed E-state index contributed by atoms with van der Waals surface area (Å²) in [6, 6.07) is 7.51. The van der Waals surface area contributed by atoms with Gasteiger partial charge in [-0.1, -0.05) is 29.3 Å². The van der Waals surface area contributed by atoms with Gasteiger partial charge in [-0.25, -0.2) is 0 Å². The molecule has 1 amide bonds. The number of anilines is 1. The Labute approximate surface area is 181 Å². The first-order valence-electron chi connectivity index (χ1n) is 8.94. The number of benzene rings is 2. The van der Waals surface area contributed by atoms with Crippen molar-refractivity contribution in [1.82, 2.24) is 10.3 Å². The standard InChI is InChI=1S/C20H19Cl2N3O5/c21-13-8-10(9-14(22)15(13)23)16-19(28)18(27)11-2-1-3-12(17(11)25-16)20(29)24-4-6-30-7-5-26/h1-3,8-9,26,28H,4-7,23H2,(H,24,29)(H,25,27). The molecule has 6 N–H and O–H groups in total. The van der Waals surface area contributed by atoms with Gasteiger partial charge in [0.15, 0.2) is 5.75 Å². The molecular formula is C20H19Cl2N3O5. The minimum atomic E-state index is -0.649. The van der Waals surface area contributed by atoms with E-state index in [9.17, 15) is 14.7 Å². The van der Waals surface area contributed by atoms with Gasteiger partial charge in [0.05, 0.1) is 57.7 Å². The van der Waals surface area contributed by atoms with Gasteiger partial charge in [0.1, 0.15) is 0 Å². The second kappa shape index (κ2) is 9.36. The number of halogens is 2. The summed E-state index contributed by atoms with van der Waals surface area (Å²) in [4.78, 5) is 28.3. The van der Waals surface area contributed by atoms with Gasteiger partial charge in [-0.15, -0.1) is 0 Å². The highest BCUT2D eigenvalue weighted by molar-refractivity contribution is 6.39. The number of nitrogens with one attached hydrogen (secondary N) is 2. The summed E-state index contributed by atoms with van der Waals surface area (Å²) in [6.45, 7) is 0.506. The summed E-state index contributed by atoms with van der Waals surface area (Å²) in [7, 11) is 0. The lowest BCUT2D eigenvalue weighted by molar-refractivity contribution is 0.0839. The van der Waals surface area contributed by atoms with Crippen molar-refractivity contribution in [3.8, 4) is 17.0 Å². The third kappa shape index (κ3) is 4.36. The topological polar surface area (TPSA) is 138 Å². The summed E-state index contributed by atoms with van der Waals surface area (Å²) in [5, 5.41) is 22.3. The molecule has 158 valence electrons. The summed E-state index contributed by atoms with van der Waals surface area (Å²) < 4.78 is 5.11. The zero-order valence-corrected chi connectivity index (χ0v) is 17.2. The highest BCUT2D eigenvalue weighted by Gasteiger charge is 2.19. The normalized spacial score (nSPS) is 11.0. The number of nitrogens with two attached hydrogens (primary N) is 1. The van der Waals surface area contributed by atoms with Crippen LogP contribution in [-0.4, -0.2) is 47.5 Å². The van der Waals surface area contributed by atoms with E-state index in [0.29, 0.717) is 5.56 Å². The summed E-state index contributed by atoms with van der Waals surface area (Å²) in [5.41, 5.74) is 6.12. The summed E-state index contributed by atoms with van der Waals surface area (Å²) >= 11 is 12.2.